The van der Waals surface area contributed by atoms with E-state index in [0.717, 1.165) is 19.5 Å². The Balaban J connectivity index is 2.26. The van der Waals surface area contributed by atoms with Crippen molar-refractivity contribution >= 4 is 0 Å². The van der Waals surface area contributed by atoms with Crippen molar-refractivity contribution in [2.45, 2.75) is 38.9 Å². The fourth-order valence-electron chi connectivity index (χ4n) is 2.43. The van der Waals surface area contributed by atoms with Gasteiger partial charge in [-0.15, -0.1) is 0 Å². The van der Waals surface area contributed by atoms with Crippen molar-refractivity contribution in [2.24, 2.45) is 5.73 Å². The van der Waals surface area contributed by atoms with E-state index in [1.165, 1.54) is 11.1 Å². The zero-order valence-electron chi connectivity index (χ0n) is 9.61. The highest BCUT2D eigenvalue weighted by molar-refractivity contribution is 5.30. The summed E-state index contributed by atoms with van der Waals surface area (Å²) in [7, 11) is 0. The summed E-state index contributed by atoms with van der Waals surface area (Å²) in [4.78, 5) is 2.50. The second-order valence-corrected chi connectivity index (χ2v) is 4.63. The number of fused-ring (bicyclic) bond motifs is 1. The topological polar surface area (TPSA) is 29.3 Å². The smallest absolute Gasteiger partial charge is 0.0265 e. The van der Waals surface area contributed by atoms with Gasteiger partial charge >= 0.3 is 0 Å². The molecule has 1 aromatic carbocycles. The highest BCUT2D eigenvalue weighted by Gasteiger charge is 2.26. The van der Waals surface area contributed by atoms with Crippen LogP contribution in [-0.4, -0.2) is 23.5 Å². The normalized spacial score (nSPS) is 21.7. The van der Waals surface area contributed by atoms with Crippen LogP contribution in [0.4, 0.5) is 0 Å². The molecular formula is C13H20N2. The maximum Gasteiger partial charge on any atom is 0.0265 e. The van der Waals surface area contributed by atoms with Gasteiger partial charge in [0.05, 0.1) is 0 Å². The highest BCUT2D eigenvalue weighted by atomic mass is 15.2. The predicted molar refractivity (Wildman–Crippen MR) is 63.7 cm³/mol. The van der Waals surface area contributed by atoms with Gasteiger partial charge in [0, 0.05) is 25.2 Å². The molecule has 2 heteroatoms. The van der Waals surface area contributed by atoms with Gasteiger partial charge in [-0.3, -0.25) is 4.90 Å². The van der Waals surface area contributed by atoms with Gasteiger partial charge in [-0.1, -0.05) is 24.3 Å². The molecule has 1 unspecified atom stereocenters. The summed E-state index contributed by atoms with van der Waals surface area (Å²) in [5.74, 6) is 0. The number of hydrogen-bond acceptors (Lipinski definition) is 2. The Morgan fingerprint density at radius 3 is 2.60 bits per heavy atom. The summed E-state index contributed by atoms with van der Waals surface area (Å²) >= 11 is 0. The van der Waals surface area contributed by atoms with Crippen LogP contribution in [-0.2, 0) is 13.0 Å². The lowest BCUT2D eigenvalue weighted by Gasteiger charge is -2.39. The van der Waals surface area contributed by atoms with Crippen LogP contribution in [0.5, 0.6) is 0 Å². The molecule has 2 N–H and O–H groups in total. The summed E-state index contributed by atoms with van der Waals surface area (Å²) in [5.41, 5.74) is 8.79. The molecule has 1 atom stereocenters. The van der Waals surface area contributed by atoms with E-state index < -0.39 is 0 Å². The number of rotatable bonds is 2. The van der Waals surface area contributed by atoms with E-state index in [1.54, 1.807) is 0 Å². The van der Waals surface area contributed by atoms with Crippen LogP contribution in [0.1, 0.15) is 25.0 Å². The van der Waals surface area contributed by atoms with Crippen molar-refractivity contribution in [2.75, 3.05) is 6.54 Å². The zero-order chi connectivity index (χ0) is 10.8. The third-order valence-electron chi connectivity index (χ3n) is 3.33. The lowest BCUT2D eigenvalue weighted by molar-refractivity contribution is 0.134. The Hall–Kier alpha value is -0.860. The molecule has 1 heterocycles. The summed E-state index contributed by atoms with van der Waals surface area (Å²) in [5, 5.41) is 0. The van der Waals surface area contributed by atoms with Crippen molar-refractivity contribution in [3.05, 3.63) is 35.4 Å². The molecule has 0 bridgehead atoms. The molecule has 1 aliphatic rings. The molecule has 0 aromatic heterocycles. The SMILES string of the molecule is CC(C)N1Cc2ccccc2CC1CN. The summed E-state index contributed by atoms with van der Waals surface area (Å²) in [6.45, 7) is 6.30. The first-order valence-corrected chi connectivity index (χ1v) is 5.75. The Kier molecular flexibility index (Phi) is 3.08. The fourth-order valence-corrected chi connectivity index (χ4v) is 2.43. The van der Waals surface area contributed by atoms with E-state index in [9.17, 15) is 0 Å². The molecule has 82 valence electrons. The predicted octanol–water partition coefficient (Wildman–Crippen LogP) is 1.78. The van der Waals surface area contributed by atoms with Gasteiger partial charge in [0.25, 0.3) is 0 Å². The molecule has 2 rings (SSSR count). The quantitative estimate of drug-likeness (QED) is 0.795. The molecular weight excluding hydrogens is 184 g/mol. The Bertz CT molecular complexity index is 333. The standard InChI is InChI=1S/C13H20N2/c1-10(2)15-9-12-6-4-3-5-11(12)7-13(15)8-14/h3-6,10,13H,7-9,14H2,1-2H3. The molecule has 0 fully saturated rings. The Morgan fingerprint density at radius 1 is 1.33 bits per heavy atom. The third-order valence-corrected chi connectivity index (χ3v) is 3.33. The van der Waals surface area contributed by atoms with Crippen LogP contribution in [0.2, 0.25) is 0 Å². The van der Waals surface area contributed by atoms with E-state index in [4.69, 9.17) is 5.73 Å². The van der Waals surface area contributed by atoms with Crippen LogP contribution in [0.25, 0.3) is 0 Å². The number of nitrogens with zero attached hydrogens (tertiary/aromatic N) is 1. The molecule has 0 saturated heterocycles. The fraction of sp³-hybridized carbons (Fsp3) is 0.538. The second kappa shape index (κ2) is 4.33. The van der Waals surface area contributed by atoms with Crippen molar-refractivity contribution in [3.8, 4) is 0 Å². The minimum atomic E-state index is 0.514. The van der Waals surface area contributed by atoms with E-state index in [2.05, 4.69) is 43.0 Å². The molecule has 0 spiro atoms. The summed E-state index contributed by atoms with van der Waals surface area (Å²) < 4.78 is 0. The van der Waals surface area contributed by atoms with Gasteiger partial charge in [0.2, 0.25) is 0 Å². The first-order chi connectivity index (χ1) is 7.22. The molecule has 1 aromatic rings. The zero-order valence-corrected chi connectivity index (χ0v) is 9.61. The van der Waals surface area contributed by atoms with Crippen molar-refractivity contribution in [1.29, 1.82) is 0 Å². The van der Waals surface area contributed by atoms with Crippen LogP contribution in [0, 0.1) is 0 Å². The van der Waals surface area contributed by atoms with Crippen LogP contribution < -0.4 is 5.73 Å². The van der Waals surface area contributed by atoms with Crippen molar-refractivity contribution in [1.82, 2.24) is 4.90 Å². The van der Waals surface area contributed by atoms with Gasteiger partial charge in [0.1, 0.15) is 0 Å². The van der Waals surface area contributed by atoms with E-state index in [0.29, 0.717) is 12.1 Å². The average Bonchev–Trinajstić information content (AvgIpc) is 2.27. The third kappa shape index (κ3) is 2.06. The van der Waals surface area contributed by atoms with Gasteiger partial charge in [-0.25, -0.2) is 0 Å². The van der Waals surface area contributed by atoms with Crippen molar-refractivity contribution < 1.29 is 0 Å². The largest absolute Gasteiger partial charge is 0.329 e. The lowest BCUT2D eigenvalue weighted by Crippen LogP contribution is -2.48. The van der Waals surface area contributed by atoms with Gasteiger partial charge in [-0.05, 0) is 31.4 Å². The molecule has 15 heavy (non-hydrogen) atoms. The molecule has 0 aliphatic carbocycles. The molecule has 0 saturated carbocycles. The summed E-state index contributed by atoms with van der Waals surface area (Å²) in [6.07, 6.45) is 1.10. The first-order valence-electron chi connectivity index (χ1n) is 5.75. The number of benzene rings is 1. The van der Waals surface area contributed by atoms with Crippen molar-refractivity contribution in [3.63, 3.8) is 0 Å². The van der Waals surface area contributed by atoms with Crippen LogP contribution in [0.15, 0.2) is 24.3 Å². The summed E-state index contributed by atoms with van der Waals surface area (Å²) in [6, 6.07) is 9.80. The average molecular weight is 204 g/mol. The monoisotopic (exact) mass is 204 g/mol. The molecule has 2 nitrogen and oxygen atoms in total. The molecule has 0 amide bonds. The van der Waals surface area contributed by atoms with Crippen LogP contribution in [0.3, 0.4) is 0 Å². The van der Waals surface area contributed by atoms with E-state index in [-0.39, 0.29) is 0 Å². The van der Waals surface area contributed by atoms with Gasteiger partial charge in [0.15, 0.2) is 0 Å². The number of nitrogens with two attached hydrogens (primary N) is 1. The molecule has 0 radical (unpaired) electrons. The highest BCUT2D eigenvalue weighted by Crippen LogP contribution is 2.24. The maximum absolute atomic E-state index is 5.85. The maximum atomic E-state index is 5.85. The number of hydrogen-bond donors (Lipinski definition) is 1. The van der Waals surface area contributed by atoms with E-state index >= 15 is 0 Å². The lowest BCUT2D eigenvalue weighted by atomic mass is 9.93. The van der Waals surface area contributed by atoms with Gasteiger partial charge in [-0.2, -0.15) is 0 Å². The minimum Gasteiger partial charge on any atom is -0.329 e. The molecule has 1 aliphatic heterocycles. The van der Waals surface area contributed by atoms with E-state index in [1.807, 2.05) is 0 Å². The first kappa shape index (κ1) is 10.7. The van der Waals surface area contributed by atoms with Crippen LogP contribution >= 0.6 is 0 Å². The minimum absolute atomic E-state index is 0.514. The Morgan fingerprint density at radius 2 is 2.00 bits per heavy atom. The second-order valence-electron chi connectivity index (χ2n) is 4.63. The Labute approximate surface area is 92.1 Å². The van der Waals surface area contributed by atoms with Gasteiger partial charge < -0.3 is 5.73 Å².